The summed E-state index contributed by atoms with van der Waals surface area (Å²) >= 11 is 0. The summed E-state index contributed by atoms with van der Waals surface area (Å²) in [5.74, 6) is 0. The van der Waals surface area contributed by atoms with Crippen LogP contribution in [0.5, 0.6) is 0 Å². The first-order valence-corrected chi connectivity index (χ1v) is 6.46. The summed E-state index contributed by atoms with van der Waals surface area (Å²) in [6.45, 7) is 0.239. The second-order valence-corrected chi connectivity index (χ2v) is 5.22. The Morgan fingerprint density at radius 2 is 2.10 bits per heavy atom. The maximum Gasteiger partial charge on any atom is 0.417 e. The minimum absolute atomic E-state index is 0.239. The number of halogens is 3. The smallest absolute Gasteiger partial charge is 0.390 e. The third kappa shape index (κ3) is 2.63. The highest BCUT2D eigenvalue weighted by molar-refractivity contribution is 5.29. The van der Waals surface area contributed by atoms with E-state index in [2.05, 4.69) is 15.1 Å². The number of pyridine rings is 1. The Bertz CT molecular complexity index is 605. The number of alkyl halides is 3. The number of hydrogen-bond donors (Lipinski definition) is 1. The zero-order valence-corrected chi connectivity index (χ0v) is 11.0. The van der Waals surface area contributed by atoms with Crippen molar-refractivity contribution in [3.05, 3.63) is 42.2 Å². The van der Waals surface area contributed by atoms with E-state index in [9.17, 15) is 18.3 Å². The first-order chi connectivity index (χ1) is 9.92. The van der Waals surface area contributed by atoms with Crippen LogP contribution in [0.4, 0.5) is 13.2 Å². The Morgan fingerprint density at radius 3 is 2.57 bits per heavy atom. The summed E-state index contributed by atoms with van der Waals surface area (Å²) in [5.41, 5.74) is -0.869. The maximum atomic E-state index is 12.5. The van der Waals surface area contributed by atoms with E-state index >= 15 is 0 Å². The Balaban J connectivity index is 1.79. The first kappa shape index (κ1) is 14.0. The quantitative estimate of drug-likeness (QED) is 0.934. The van der Waals surface area contributed by atoms with Gasteiger partial charge in [-0.15, -0.1) is 0 Å². The summed E-state index contributed by atoms with van der Waals surface area (Å²) < 4.78 is 39.1. The minimum atomic E-state index is -4.40. The monoisotopic (exact) mass is 298 g/mol. The molecule has 0 radical (unpaired) electrons. The lowest BCUT2D eigenvalue weighted by molar-refractivity contribution is -0.137. The third-order valence-corrected chi connectivity index (χ3v) is 3.85. The molecular formula is C13H13F3N4O. The van der Waals surface area contributed by atoms with Gasteiger partial charge in [0.25, 0.3) is 0 Å². The van der Waals surface area contributed by atoms with E-state index in [-0.39, 0.29) is 6.54 Å². The molecule has 0 aromatic carbocycles. The second kappa shape index (κ2) is 4.80. The van der Waals surface area contributed by atoms with Crippen molar-refractivity contribution in [3.8, 4) is 0 Å². The minimum Gasteiger partial charge on any atom is -0.390 e. The van der Waals surface area contributed by atoms with E-state index < -0.39 is 23.3 Å². The standard InChI is InChI=1S/C13H13F3N4O/c14-13(15,16)9-1-2-10(18-5-9)12(3-4-12)11(21)6-20-8-17-7-19-20/h1-2,5,7-8,11,21H,3-4,6H2. The number of aliphatic hydroxyl groups is 1. The summed E-state index contributed by atoms with van der Waals surface area (Å²) in [5, 5.41) is 14.3. The molecule has 0 aliphatic heterocycles. The van der Waals surface area contributed by atoms with E-state index in [0.29, 0.717) is 18.5 Å². The Labute approximate surface area is 118 Å². The van der Waals surface area contributed by atoms with Gasteiger partial charge in [0.15, 0.2) is 0 Å². The van der Waals surface area contributed by atoms with E-state index in [4.69, 9.17) is 0 Å². The van der Waals surface area contributed by atoms with Crippen LogP contribution in [0.3, 0.4) is 0 Å². The van der Waals surface area contributed by atoms with E-state index in [1.54, 1.807) is 0 Å². The Kier molecular flexibility index (Phi) is 3.20. The number of rotatable bonds is 4. The highest BCUT2D eigenvalue weighted by atomic mass is 19.4. The van der Waals surface area contributed by atoms with Gasteiger partial charge in [-0.1, -0.05) is 0 Å². The van der Waals surface area contributed by atoms with Gasteiger partial charge in [-0.05, 0) is 25.0 Å². The van der Waals surface area contributed by atoms with Crippen molar-refractivity contribution in [2.24, 2.45) is 0 Å². The zero-order chi connectivity index (χ0) is 15.1. The molecule has 5 nitrogen and oxygen atoms in total. The molecule has 1 saturated carbocycles. The molecule has 1 unspecified atom stereocenters. The summed E-state index contributed by atoms with van der Waals surface area (Å²) in [4.78, 5) is 7.69. The maximum absolute atomic E-state index is 12.5. The predicted octanol–water partition coefficient (Wildman–Crippen LogP) is 1.78. The first-order valence-electron chi connectivity index (χ1n) is 6.46. The summed E-state index contributed by atoms with van der Waals surface area (Å²) in [6.07, 6.45) is -0.104. The van der Waals surface area contributed by atoms with Crippen molar-refractivity contribution < 1.29 is 18.3 Å². The van der Waals surface area contributed by atoms with Gasteiger partial charge >= 0.3 is 6.18 Å². The van der Waals surface area contributed by atoms with Crippen molar-refractivity contribution >= 4 is 0 Å². The number of aliphatic hydroxyl groups excluding tert-OH is 1. The molecule has 0 bridgehead atoms. The molecule has 0 spiro atoms. The molecule has 2 aromatic heterocycles. The van der Waals surface area contributed by atoms with Gasteiger partial charge in [0, 0.05) is 17.3 Å². The normalized spacial score (nSPS) is 18.5. The fourth-order valence-electron chi connectivity index (χ4n) is 2.43. The highest BCUT2D eigenvalue weighted by Gasteiger charge is 2.51. The largest absolute Gasteiger partial charge is 0.417 e. The van der Waals surface area contributed by atoms with Gasteiger partial charge in [-0.2, -0.15) is 18.3 Å². The average Bonchev–Trinajstić information content (AvgIpc) is 3.11. The second-order valence-electron chi connectivity index (χ2n) is 5.22. The topological polar surface area (TPSA) is 63.8 Å². The van der Waals surface area contributed by atoms with E-state index in [0.717, 1.165) is 12.3 Å². The Hall–Kier alpha value is -1.96. The highest BCUT2D eigenvalue weighted by Crippen LogP contribution is 2.50. The van der Waals surface area contributed by atoms with Gasteiger partial charge in [-0.3, -0.25) is 9.67 Å². The molecule has 1 aliphatic carbocycles. The number of aromatic nitrogens is 4. The number of hydrogen-bond acceptors (Lipinski definition) is 4. The molecule has 3 rings (SSSR count). The SMILES string of the molecule is OC(Cn1cncn1)C1(c2ccc(C(F)(F)F)cn2)CC1. The molecule has 2 heterocycles. The van der Waals surface area contributed by atoms with Crippen LogP contribution in [0.2, 0.25) is 0 Å². The summed E-state index contributed by atoms with van der Waals surface area (Å²) in [6, 6.07) is 2.35. The van der Waals surface area contributed by atoms with Crippen LogP contribution in [-0.4, -0.2) is 31.0 Å². The van der Waals surface area contributed by atoms with Crippen molar-refractivity contribution in [1.82, 2.24) is 19.7 Å². The van der Waals surface area contributed by atoms with Gasteiger partial charge in [-0.25, -0.2) is 4.98 Å². The van der Waals surface area contributed by atoms with Crippen molar-refractivity contribution in [3.63, 3.8) is 0 Å². The molecule has 112 valence electrons. The van der Waals surface area contributed by atoms with Gasteiger partial charge in [0.1, 0.15) is 12.7 Å². The molecule has 1 atom stereocenters. The molecule has 0 amide bonds. The van der Waals surface area contributed by atoms with Crippen molar-refractivity contribution in [2.75, 3.05) is 0 Å². The lowest BCUT2D eigenvalue weighted by Gasteiger charge is -2.22. The predicted molar refractivity (Wildman–Crippen MR) is 66.2 cm³/mol. The molecule has 2 aromatic rings. The average molecular weight is 298 g/mol. The number of nitrogens with zero attached hydrogens (tertiary/aromatic N) is 4. The fraction of sp³-hybridized carbons (Fsp3) is 0.462. The van der Waals surface area contributed by atoms with Crippen LogP contribution < -0.4 is 0 Å². The van der Waals surface area contributed by atoms with Crippen LogP contribution in [-0.2, 0) is 18.1 Å². The summed E-state index contributed by atoms with van der Waals surface area (Å²) in [7, 11) is 0. The van der Waals surface area contributed by atoms with Gasteiger partial charge < -0.3 is 5.11 Å². The van der Waals surface area contributed by atoms with Crippen LogP contribution in [0, 0.1) is 0 Å². The molecular weight excluding hydrogens is 285 g/mol. The van der Waals surface area contributed by atoms with Gasteiger partial charge in [0.2, 0.25) is 0 Å². The zero-order valence-electron chi connectivity index (χ0n) is 11.0. The molecule has 0 saturated heterocycles. The van der Waals surface area contributed by atoms with E-state index in [1.165, 1.54) is 23.4 Å². The molecule has 21 heavy (non-hydrogen) atoms. The van der Waals surface area contributed by atoms with Gasteiger partial charge in [0.05, 0.1) is 18.2 Å². The fourth-order valence-corrected chi connectivity index (χ4v) is 2.43. The van der Waals surface area contributed by atoms with Crippen LogP contribution in [0.15, 0.2) is 31.0 Å². The van der Waals surface area contributed by atoms with E-state index in [1.807, 2.05) is 0 Å². The van der Waals surface area contributed by atoms with Crippen LogP contribution >= 0.6 is 0 Å². The van der Waals surface area contributed by atoms with Crippen LogP contribution in [0.25, 0.3) is 0 Å². The lowest BCUT2D eigenvalue weighted by atomic mass is 9.94. The van der Waals surface area contributed by atoms with Crippen molar-refractivity contribution in [2.45, 2.75) is 37.1 Å². The third-order valence-electron chi connectivity index (χ3n) is 3.85. The van der Waals surface area contributed by atoms with Crippen LogP contribution in [0.1, 0.15) is 24.1 Å². The molecule has 1 aliphatic rings. The molecule has 1 fully saturated rings. The molecule has 8 heteroatoms. The molecule has 1 N–H and O–H groups in total. The lowest BCUT2D eigenvalue weighted by Crippen LogP contribution is -2.31. The van der Waals surface area contributed by atoms with Crippen molar-refractivity contribution in [1.29, 1.82) is 0 Å². The Morgan fingerprint density at radius 1 is 1.33 bits per heavy atom.